The summed E-state index contributed by atoms with van der Waals surface area (Å²) in [6, 6.07) is 12.6. The summed E-state index contributed by atoms with van der Waals surface area (Å²) in [5.74, 6) is -4.51. The van der Waals surface area contributed by atoms with E-state index in [-0.39, 0.29) is 6.42 Å². The molecule has 27 heavy (non-hydrogen) atoms. The van der Waals surface area contributed by atoms with Gasteiger partial charge in [-0.3, -0.25) is 4.79 Å². The van der Waals surface area contributed by atoms with Crippen LogP contribution in [-0.4, -0.2) is 23.0 Å². The van der Waals surface area contributed by atoms with E-state index in [4.69, 9.17) is 0 Å². The van der Waals surface area contributed by atoms with Gasteiger partial charge in [0.15, 0.2) is 0 Å². The number of aliphatic carboxylic acids is 1. The Hall–Kier alpha value is -2.80. The van der Waals surface area contributed by atoms with E-state index in [0.29, 0.717) is 5.56 Å². The minimum absolute atomic E-state index is 0.0368. The lowest BCUT2D eigenvalue weighted by Crippen LogP contribution is -2.43. The van der Waals surface area contributed by atoms with Crippen molar-refractivity contribution < 1.29 is 23.5 Å². The molecule has 2 N–H and O–H groups in total. The number of carbonyl (C=O) groups is 2. The fraction of sp³-hybridized carbons (Fsp3) is 0.100. The molecule has 0 aromatic heterocycles. The standard InChI is InChI=1S/C20H14BrF2NO3/c21-14-9-8-11(12-4-1-2-5-13(12)14)10-17(20(26)27)24-19(25)18-15(22)6-3-7-16(18)23/h1-9,17H,10H2,(H,24,25)(H,26,27)/t17-/m0/s1. The SMILES string of the molecule is O=C(N[C@@H](Cc1ccc(Br)c2ccccc12)C(=O)O)c1c(F)cccc1F. The third kappa shape index (κ3) is 3.98. The van der Waals surface area contributed by atoms with Gasteiger partial charge in [-0.1, -0.05) is 52.3 Å². The molecule has 0 aliphatic heterocycles. The number of rotatable bonds is 5. The molecule has 7 heteroatoms. The van der Waals surface area contributed by atoms with E-state index < -0.39 is 35.1 Å². The summed E-state index contributed by atoms with van der Waals surface area (Å²) in [5.41, 5.74) is -0.111. The first-order chi connectivity index (χ1) is 12.9. The maximum atomic E-state index is 13.8. The molecule has 0 bridgehead atoms. The van der Waals surface area contributed by atoms with Gasteiger partial charge in [0.2, 0.25) is 0 Å². The van der Waals surface area contributed by atoms with Crippen molar-refractivity contribution in [3.63, 3.8) is 0 Å². The molecule has 1 atom stereocenters. The van der Waals surface area contributed by atoms with Crippen LogP contribution in [0.5, 0.6) is 0 Å². The van der Waals surface area contributed by atoms with Crippen molar-refractivity contribution in [3.05, 3.63) is 81.8 Å². The van der Waals surface area contributed by atoms with Crippen molar-refractivity contribution in [2.24, 2.45) is 0 Å². The zero-order valence-corrected chi connectivity index (χ0v) is 15.5. The summed E-state index contributed by atoms with van der Waals surface area (Å²) in [5, 5.41) is 13.4. The Morgan fingerprint density at radius 1 is 0.963 bits per heavy atom. The molecule has 3 aromatic carbocycles. The molecule has 0 spiro atoms. The van der Waals surface area contributed by atoms with Crippen LogP contribution in [0, 0.1) is 11.6 Å². The van der Waals surface area contributed by atoms with E-state index in [0.717, 1.165) is 33.4 Å². The zero-order chi connectivity index (χ0) is 19.6. The number of carboxylic acids is 1. The molecule has 4 nitrogen and oxygen atoms in total. The van der Waals surface area contributed by atoms with Gasteiger partial charge in [-0.25, -0.2) is 13.6 Å². The second-order valence-electron chi connectivity index (χ2n) is 5.92. The van der Waals surface area contributed by atoms with Crippen LogP contribution in [0.3, 0.4) is 0 Å². The average Bonchev–Trinajstić information content (AvgIpc) is 2.63. The molecule has 3 aromatic rings. The second kappa shape index (κ2) is 7.84. The van der Waals surface area contributed by atoms with Crippen molar-refractivity contribution >= 4 is 38.6 Å². The van der Waals surface area contributed by atoms with Crippen LogP contribution in [-0.2, 0) is 11.2 Å². The third-order valence-corrected chi connectivity index (χ3v) is 4.87. The number of hydrogen-bond acceptors (Lipinski definition) is 2. The lowest BCUT2D eigenvalue weighted by Gasteiger charge is -2.17. The predicted octanol–water partition coefficient (Wildman–Crippen LogP) is 4.31. The van der Waals surface area contributed by atoms with E-state index in [1.807, 2.05) is 24.3 Å². The average molecular weight is 434 g/mol. The van der Waals surface area contributed by atoms with Gasteiger partial charge in [0, 0.05) is 10.9 Å². The number of halogens is 3. The van der Waals surface area contributed by atoms with Gasteiger partial charge >= 0.3 is 5.97 Å². The number of carboxylic acid groups (broad SMARTS) is 1. The highest BCUT2D eigenvalue weighted by molar-refractivity contribution is 9.10. The number of hydrogen-bond donors (Lipinski definition) is 2. The minimum Gasteiger partial charge on any atom is -0.480 e. The number of fused-ring (bicyclic) bond motifs is 1. The van der Waals surface area contributed by atoms with Gasteiger partial charge in [-0.05, 0) is 34.5 Å². The number of nitrogens with one attached hydrogen (secondary N) is 1. The highest BCUT2D eigenvalue weighted by atomic mass is 79.9. The first kappa shape index (κ1) is 19.0. The quantitative estimate of drug-likeness (QED) is 0.629. The van der Waals surface area contributed by atoms with E-state index in [2.05, 4.69) is 21.2 Å². The van der Waals surface area contributed by atoms with Gasteiger partial charge in [0.1, 0.15) is 23.2 Å². The van der Waals surface area contributed by atoms with Crippen LogP contribution in [0.25, 0.3) is 10.8 Å². The molecule has 0 fully saturated rings. The van der Waals surface area contributed by atoms with Crippen molar-refractivity contribution in [3.8, 4) is 0 Å². The number of amides is 1. The molecule has 138 valence electrons. The first-order valence-corrected chi connectivity index (χ1v) is 8.81. The van der Waals surface area contributed by atoms with Gasteiger partial charge in [0.05, 0.1) is 0 Å². The van der Waals surface area contributed by atoms with E-state index in [9.17, 15) is 23.5 Å². The van der Waals surface area contributed by atoms with E-state index in [1.54, 1.807) is 12.1 Å². The van der Waals surface area contributed by atoms with Crippen LogP contribution >= 0.6 is 15.9 Å². The molecule has 0 saturated carbocycles. The van der Waals surface area contributed by atoms with Gasteiger partial charge in [-0.2, -0.15) is 0 Å². The Labute approximate surface area is 161 Å². The van der Waals surface area contributed by atoms with Gasteiger partial charge in [-0.15, -0.1) is 0 Å². The van der Waals surface area contributed by atoms with Crippen molar-refractivity contribution in [2.45, 2.75) is 12.5 Å². The Bertz CT molecular complexity index is 1020. The van der Waals surface area contributed by atoms with Gasteiger partial charge < -0.3 is 10.4 Å². The van der Waals surface area contributed by atoms with E-state index >= 15 is 0 Å². The van der Waals surface area contributed by atoms with Gasteiger partial charge in [0.25, 0.3) is 5.91 Å². The predicted molar refractivity (Wildman–Crippen MR) is 101 cm³/mol. The van der Waals surface area contributed by atoms with Crippen molar-refractivity contribution in [2.75, 3.05) is 0 Å². The molecule has 0 unspecified atom stereocenters. The summed E-state index contributed by atoms with van der Waals surface area (Å²) in [6.07, 6.45) is -0.0368. The highest BCUT2D eigenvalue weighted by Crippen LogP contribution is 2.27. The van der Waals surface area contributed by atoms with Crippen LogP contribution in [0.4, 0.5) is 8.78 Å². The topological polar surface area (TPSA) is 66.4 Å². The first-order valence-electron chi connectivity index (χ1n) is 8.02. The summed E-state index contributed by atoms with van der Waals surface area (Å²) in [6.45, 7) is 0. The fourth-order valence-corrected chi connectivity index (χ4v) is 3.35. The zero-order valence-electron chi connectivity index (χ0n) is 13.9. The molecule has 3 rings (SSSR count). The van der Waals surface area contributed by atoms with Crippen molar-refractivity contribution in [1.82, 2.24) is 5.32 Å². The molecule has 0 aliphatic rings. The molecule has 0 aliphatic carbocycles. The summed E-state index contributed by atoms with van der Waals surface area (Å²) >= 11 is 3.44. The summed E-state index contributed by atoms with van der Waals surface area (Å²) in [4.78, 5) is 23.9. The molecular formula is C20H14BrF2NO3. The Kier molecular flexibility index (Phi) is 5.51. The Morgan fingerprint density at radius 3 is 2.22 bits per heavy atom. The molecule has 0 saturated heterocycles. The minimum atomic E-state index is -1.35. The Morgan fingerprint density at radius 2 is 1.59 bits per heavy atom. The summed E-state index contributed by atoms with van der Waals surface area (Å²) < 4.78 is 28.4. The second-order valence-corrected chi connectivity index (χ2v) is 6.77. The van der Waals surface area contributed by atoms with E-state index in [1.165, 1.54) is 0 Å². The normalized spacial score (nSPS) is 12.0. The van der Waals surface area contributed by atoms with Crippen LogP contribution in [0.2, 0.25) is 0 Å². The molecule has 0 heterocycles. The van der Waals surface area contributed by atoms with Crippen LogP contribution < -0.4 is 5.32 Å². The maximum absolute atomic E-state index is 13.8. The number of benzene rings is 3. The largest absolute Gasteiger partial charge is 0.480 e. The van der Waals surface area contributed by atoms with Crippen LogP contribution in [0.1, 0.15) is 15.9 Å². The molecular weight excluding hydrogens is 420 g/mol. The highest BCUT2D eigenvalue weighted by Gasteiger charge is 2.25. The van der Waals surface area contributed by atoms with Crippen molar-refractivity contribution in [1.29, 1.82) is 0 Å². The number of carbonyl (C=O) groups excluding carboxylic acids is 1. The lowest BCUT2D eigenvalue weighted by atomic mass is 9.98. The Balaban J connectivity index is 1.91. The third-order valence-electron chi connectivity index (χ3n) is 4.18. The maximum Gasteiger partial charge on any atom is 0.326 e. The molecule has 1 amide bonds. The summed E-state index contributed by atoms with van der Waals surface area (Å²) in [7, 11) is 0. The lowest BCUT2D eigenvalue weighted by molar-refractivity contribution is -0.139. The molecule has 0 radical (unpaired) electrons. The van der Waals surface area contributed by atoms with Crippen LogP contribution in [0.15, 0.2) is 59.1 Å². The smallest absolute Gasteiger partial charge is 0.326 e. The fourth-order valence-electron chi connectivity index (χ4n) is 2.87. The monoisotopic (exact) mass is 433 g/mol.